The molecule has 0 aliphatic heterocycles. The number of phenolic OH excluding ortho intramolecular Hbond substituents is 1. The van der Waals surface area contributed by atoms with E-state index in [0.717, 1.165) is 11.1 Å². The van der Waals surface area contributed by atoms with Crippen LogP contribution in [-0.4, -0.2) is 18.1 Å². The van der Waals surface area contributed by atoms with Crippen molar-refractivity contribution in [2.45, 2.75) is 0 Å². The highest BCUT2D eigenvalue weighted by molar-refractivity contribution is 5.94. The maximum absolute atomic E-state index is 11.4. The van der Waals surface area contributed by atoms with Crippen molar-refractivity contribution in [1.29, 1.82) is 0 Å². The van der Waals surface area contributed by atoms with Crippen LogP contribution in [0.25, 0.3) is 11.1 Å². The van der Waals surface area contributed by atoms with E-state index in [4.69, 9.17) is 0 Å². The predicted octanol–water partition coefficient (Wildman–Crippen LogP) is 2.42. The fourth-order valence-electron chi connectivity index (χ4n) is 1.64. The van der Waals surface area contributed by atoms with Crippen molar-refractivity contribution in [2.24, 2.45) is 0 Å². The Balaban J connectivity index is 2.32. The topological polar surface area (TPSA) is 49.3 Å². The lowest BCUT2D eigenvalue weighted by Gasteiger charge is -2.04. The van der Waals surface area contributed by atoms with Gasteiger partial charge >= 0.3 is 0 Å². The van der Waals surface area contributed by atoms with E-state index in [1.807, 2.05) is 18.2 Å². The summed E-state index contributed by atoms with van der Waals surface area (Å²) in [6.07, 6.45) is 0. The van der Waals surface area contributed by atoms with Crippen molar-refractivity contribution < 1.29 is 9.90 Å². The van der Waals surface area contributed by atoms with Crippen molar-refractivity contribution in [1.82, 2.24) is 5.32 Å². The van der Waals surface area contributed by atoms with Crippen LogP contribution in [0.5, 0.6) is 5.75 Å². The van der Waals surface area contributed by atoms with Crippen molar-refractivity contribution >= 4 is 5.91 Å². The Labute approximate surface area is 99.7 Å². The molecule has 3 nitrogen and oxygen atoms in total. The molecule has 0 radical (unpaired) electrons. The highest BCUT2D eigenvalue weighted by atomic mass is 16.3. The molecule has 1 amide bonds. The van der Waals surface area contributed by atoms with E-state index in [2.05, 4.69) is 5.32 Å². The van der Waals surface area contributed by atoms with Crippen molar-refractivity contribution in [3.8, 4) is 16.9 Å². The summed E-state index contributed by atoms with van der Waals surface area (Å²) in [7, 11) is 1.60. The van der Waals surface area contributed by atoms with Crippen LogP contribution in [0.2, 0.25) is 0 Å². The molecule has 0 fully saturated rings. The zero-order chi connectivity index (χ0) is 12.3. The van der Waals surface area contributed by atoms with Crippen LogP contribution in [0.1, 0.15) is 10.4 Å². The number of hydrogen-bond donors (Lipinski definition) is 2. The van der Waals surface area contributed by atoms with Gasteiger partial charge in [0.1, 0.15) is 5.75 Å². The third-order valence-corrected chi connectivity index (χ3v) is 2.55. The molecule has 0 spiro atoms. The number of nitrogens with one attached hydrogen (secondary N) is 1. The summed E-state index contributed by atoms with van der Waals surface area (Å²) in [6, 6.07) is 14.3. The molecule has 2 aromatic rings. The van der Waals surface area contributed by atoms with Crippen LogP contribution in [0.15, 0.2) is 48.5 Å². The zero-order valence-electron chi connectivity index (χ0n) is 9.47. The van der Waals surface area contributed by atoms with Crippen LogP contribution < -0.4 is 5.32 Å². The second kappa shape index (κ2) is 4.70. The van der Waals surface area contributed by atoms with Crippen LogP contribution in [-0.2, 0) is 0 Å². The number of amides is 1. The molecule has 0 bridgehead atoms. The molecule has 2 N–H and O–H groups in total. The Hall–Kier alpha value is -2.29. The minimum Gasteiger partial charge on any atom is -0.508 e. The van der Waals surface area contributed by atoms with Gasteiger partial charge in [-0.3, -0.25) is 4.79 Å². The molecule has 0 atom stereocenters. The van der Waals surface area contributed by atoms with E-state index >= 15 is 0 Å². The summed E-state index contributed by atoms with van der Waals surface area (Å²) in [5.74, 6) is 0.130. The molecule has 17 heavy (non-hydrogen) atoms. The van der Waals surface area contributed by atoms with E-state index in [1.165, 1.54) is 0 Å². The van der Waals surface area contributed by atoms with Crippen molar-refractivity contribution in [3.05, 3.63) is 54.1 Å². The van der Waals surface area contributed by atoms with E-state index in [-0.39, 0.29) is 11.7 Å². The number of carbonyl (C=O) groups is 1. The highest BCUT2D eigenvalue weighted by Gasteiger charge is 2.03. The fraction of sp³-hybridized carbons (Fsp3) is 0.0714. The van der Waals surface area contributed by atoms with Gasteiger partial charge in [-0.25, -0.2) is 0 Å². The molecule has 0 aliphatic rings. The number of aromatic hydroxyl groups is 1. The summed E-state index contributed by atoms with van der Waals surface area (Å²) >= 11 is 0. The molecule has 86 valence electrons. The second-order valence-corrected chi connectivity index (χ2v) is 3.71. The van der Waals surface area contributed by atoms with Crippen molar-refractivity contribution in [2.75, 3.05) is 7.05 Å². The normalized spacial score (nSPS) is 9.94. The number of hydrogen-bond acceptors (Lipinski definition) is 2. The van der Waals surface area contributed by atoms with Crippen LogP contribution in [0.4, 0.5) is 0 Å². The maximum Gasteiger partial charge on any atom is 0.251 e. The van der Waals surface area contributed by atoms with Gasteiger partial charge in [0, 0.05) is 12.6 Å². The van der Waals surface area contributed by atoms with E-state index in [1.54, 1.807) is 37.4 Å². The first-order valence-corrected chi connectivity index (χ1v) is 5.32. The summed E-state index contributed by atoms with van der Waals surface area (Å²) < 4.78 is 0. The second-order valence-electron chi connectivity index (χ2n) is 3.71. The summed E-state index contributed by atoms with van der Waals surface area (Å²) in [5.41, 5.74) is 2.51. The number of benzene rings is 2. The zero-order valence-corrected chi connectivity index (χ0v) is 9.47. The number of rotatable bonds is 2. The van der Waals surface area contributed by atoms with E-state index < -0.39 is 0 Å². The summed E-state index contributed by atoms with van der Waals surface area (Å²) in [4.78, 5) is 11.4. The number of carbonyl (C=O) groups excluding carboxylic acids is 1. The molecular weight excluding hydrogens is 214 g/mol. The van der Waals surface area contributed by atoms with Gasteiger partial charge in [-0.1, -0.05) is 24.3 Å². The third kappa shape index (κ3) is 2.45. The van der Waals surface area contributed by atoms with Crippen LogP contribution in [0, 0.1) is 0 Å². The molecule has 0 aromatic heterocycles. The molecule has 0 unspecified atom stereocenters. The SMILES string of the molecule is CNC(=O)c1ccc(-c2cccc(O)c2)cc1. The van der Waals surface area contributed by atoms with Crippen molar-refractivity contribution in [3.63, 3.8) is 0 Å². The van der Waals surface area contributed by atoms with Gasteiger partial charge in [-0.2, -0.15) is 0 Å². The lowest BCUT2D eigenvalue weighted by Crippen LogP contribution is -2.17. The van der Waals surface area contributed by atoms with Gasteiger partial charge in [0.15, 0.2) is 0 Å². The smallest absolute Gasteiger partial charge is 0.251 e. The minimum absolute atomic E-state index is 0.104. The van der Waals surface area contributed by atoms with Gasteiger partial charge in [0.25, 0.3) is 5.91 Å². The molecule has 2 aromatic carbocycles. The predicted molar refractivity (Wildman–Crippen MR) is 66.9 cm³/mol. The maximum atomic E-state index is 11.4. The third-order valence-electron chi connectivity index (χ3n) is 2.55. The first-order chi connectivity index (χ1) is 8.20. The van der Waals surface area contributed by atoms with Gasteiger partial charge < -0.3 is 10.4 Å². The Kier molecular flexibility index (Phi) is 3.10. The molecule has 0 aliphatic carbocycles. The van der Waals surface area contributed by atoms with E-state index in [0.29, 0.717) is 5.56 Å². The van der Waals surface area contributed by atoms with Crippen LogP contribution >= 0.6 is 0 Å². The Morgan fingerprint density at radius 2 is 1.76 bits per heavy atom. The Morgan fingerprint density at radius 1 is 1.06 bits per heavy atom. The average Bonchev–Trinajstić information content (AvgIpc) is 2.38. The summed E-state index contributed by atoms with van der Waals surface area (Å²) in [6.45, 7) is 0. The summed E-state index contributed by atoms with van der Waals surface area (Å²) in [5, 5.41) is 12.0. The Morgan fingerprint density at radius 3 is 2.35 bits per heavy atom. The Bertz CT molecular complexity index is 532. The fourth-order valence-corrected chi connectivity index (χ4v) is 1.64. The van der Waals surface area contributed by atoms with Gasteiger partial charge in [-0.05, 0) is 35.4 Å². The van der Waals surface area contributed by atoms with Crippen LogP contribution in [0.3, 0.4) is 0 Å². The molecule has 0 heterocycles. The monoisotopic (exact) mass is 227 g/mol. The molecule has 0 saturated carbocycles. The van der Waals surface area contributed by atoms with Gasteiger partial charge in [-0.15, -0.1) is 0 Å². The molecular formula is C14H13NO2. The number of phenols is 1. The van der Waals surface area contributed by atoms with Gasteiger partial charge in [0.2, 0.25) is 0 Å². The minimum atomic E-state index is -0.104. The average molecular weight is 227 g/mol. The van der Waals surface area contributed by atoms with E-state index in [9.17, 15) is 9.90 Å². The van der Waals surface area contributed by atoms with Gasteiger partial charge in [0.05, 0.1) is 0 Å². The first-order valence-electron chi connectivity index (χ1n) is 5.32. The molecule has 2 rings (SSSR count). The highest BCUT2D eigenvalue weighted by Crippen LogP contribution is 2.23. The largest absolute Gasteiger partial charge is 0.508 e. The lowest BCUT2D eigenvalue weighted by atomic mass is 10.0. The molecule has 0 saturated heterocycles. The lowest BCUT2D eigenvalue weighted by molar-refractivity contribution is 0.0963. The molecule has 3 heteroatoms. The quantitative estimate of drug-likeness (QED) is 0.827. The standard InChI is InChI=1S/C14H13NO2/c1-15-14(17)11-7-5-10(6-8-11)12-3-2-4-13(16)9-12/h2-9,16H,1H3,(H,15,17). The first kappa shape index (κ1) is 11.2.